The third kappa shape index (κ3) is 3.47. The summed E-state index contributed by atoms with van der Waals surface area (Å²) in [5.41, 5.74) is 10.7. The SMILES string of the molecule is COc1c(C)cc(CNCC(C)CN)c(C)c1C. The minimum absolute atomic E-state index is 0.519. The lowest BCUT2D eigenvalue weighted by molar-refractivity contribution is 0.407. The highest BCUT2D eigenvalue weighted by Gasteiger charge is 2.10. The molecule has 0 aliphatic rings. The summed E-state index contributed by atoms with van der Waals surface area (Å²) in [4.78, 5) is 0. The van der Waals surface area contributed by atoms with Gasteiger partial charge in [0.15, 0.2) is 0 Å². The Hall–Kier alpha value is -1.06. The van der Waals surface area contributed by atoms with Crippen LogP contribution < -0.4 is 15.8 Å². The van der Waals surface area contributed by atoms with Crippen molar-refractivity contribution in [3.05, 3.63) is 28.3 Å². The predicted octanol–water partition coefficient (Wildman–Crippen LogP) is 2.30. The van der Waals surface area contributed by atoms with E-state index in [0.717, 1.165) is 25.4 Å². The van der Waals surface area contributed by atoms with E-state index >= 15 is 0 Å². The molecule has 0 amide bonds. The van der Waals surface area contributed by atoms with Gasteiger partial charge in [-0.1, -0.05) is 13.0 Å². The Morgan fingerprint density at radius 1 is 1.28 bits per heavy atom. The first-order valence-electron chi connectivity index (χ1n) is 6.55. The predicted molar refractivity (Wildman–Crippen MR) is 77.1 cm³/mol. The molecule has 18 heavy (non-hydrogen) atoms. The Bertz CT molecular complexity index is 402. The zero-order valence-corrected chi connectivity index (χ0v) is 12.3. The second-order valence-electron chi connectivity index (χ2n) is 5.11. The first kappa shape index (κ1) is 15.0. The molecule has 102 valence electrons. The van der Waals surface area contributed by atoms with Crippen LogP contribution in [0.3, 0.4) is 0 Å². The van der Waals surface area contributed by atoms with Crippen LogP contribution in [0.15, 0.2) is 6.07 Å². The van der Waals surface area contributed by atoms with Gasteiger partial charge in [-0.25, -0.2) is 0 Å². The first-order valence-corrected chi connectivity index (χ1v) is 6.55. The van der Waals surface area contributed by atoms with Gasteiger partial charge in [0.05, 0.1) is 7.11 Å². The molecule has 1 aromatic rings. The van der Waals surface area contributed by atoms with E-state index in [1.54, 1.807) is 7.11 Å². The van der Waals surface area contributed by atoms with E-state index < -0.39 is 0 Å². The summed E-state index contributed by atoms with van der Waals surface area (Å²) >= 11 is 0. The molecule has 0 aliphatic carbocycles. The third-order valence-electron chi connectivity index (χ3n) is 3.55. The fourth-order valence-corrected chi connectivity index (χ4v) is 2.18. The van der Waals surface area contributed by atoms with Crippen molar-refractivity contribution in [3.63, 3.8) is 0 Å². The average molecular weight is 250 g/mol. The summed E-state index contributed by atoms with van der Waals surface area (Å²) < 4.78 is 5.43. The number of hydrogen-bond acceptors (Lipinski definition) is 3. The van der Waals surface area contributed by atoms with Gasteiger partial charge in [0.25, 0.3) is 0 Å². The summed E-state index contributed by atoms with van der Waals surface area (Å²) in [6.45, 7) is 11.1. The topological polar surface area (TPSA) is 47.3 Å². The quantitative estimate of drug-likeness (QED) is 0.814. The highest BCUT2D eigenvalue weighted by molar-refractivity contribution is 5.48. The molecule has 3 heteroatoms. The van der Waals surface area contributed by atoms with E-state index in [9.17, 15) is 0 Å². The maximum atomic E-state index is 5.61. The number of ether oxygens (including phenoxy) is 1. The molecule has 3 N–H and O–H groups in total. The maximum Gasteiger partial charge on any atom is 0.124 e. The Balaban J connectivity index is 2.78. The molecule has 1 unspecified atom stereocenters. The minimum Gasteiger partial charge on any atom is -0.496 e. The van der Waals surface area contributed by atoms with Crippen molar-refractivity contribution < 1.29 is 4.74 Å². The largest absolute Gasteiger partial charge is 0.496 e. The van der Waals surface area contributed by atoms with Gasteiger partial charge >= 0.3 is 0 Å². The maximum absolute atomic E-state index is 5.61. The molecule has 0 spiro atoms. The fourth-order valence-electron chi connectivity index (χ4n) is 2.18. The van der Waals surface area contributed by atoms with Crippen LogP contribution >= 0.6 is 0 Å². The number of rotatable bonds is 6. The summed E-state index contributed by atoms with van der Waals surface area (Å²) in [5.74, 6) is 1.53. The van der Waals surface area contributed by atoms with Gasteiger partial charge in [-0.05, 0) is 62.0 Å². The van der Waals surface area contributed by atoms with Crippen molar-refractivity contribution in [2.24, 2.45) is 11.7 Å². The zero-order valence-electron chi connectivity index (χ0n) is 12.3. The van der Waals surface area contributed by atoms with Crippen LogP contribution in [-0.2, 0) is 6.54 Å². The molecule has 1 aromatic carbocycles. The second-order valence-corrected chi connectivity index (χ2v) is 5.11. The van der Waals surface area contributed by atoms with E-state index in [1.165, 1.54) is 22.3 Å². The molecule has 0 heterocycles. The molecule has 0 bridgehead atoms. The Kier molecular flexibility index (Phi) is 5.63. The van der Waals surface area contributed by atoms with Crippen molar-refractivity contribution in [1.82, 2.24) is 5.32 Å². The van der Waals surface area contributed by atoms with Gasteiger partial charge in [-0.2, -0.15) is 0 Å². The molecule has 0 aromatic heterocycles. The Morgan fingerprint density at radius 2 is 1.94 bits per heavy atom. The van der Waals surface area contributed by atoms with Crippen molar-refractivity contribution in [3.8, 4) is 5.75 Å². The van der Waals surface area contributed by atoms with E-state index in [2.05, 4.69) is 39.1 Å². The zero-order chi connectivity index (χ0) is 13.7. The lowest BCUT2D eigenvalue weighted by Gasteiger charge is -2.17. The Morgan fingerprint density at radius 3 is 2.50 bits per heavy atom. The third-order valence-corrected chi connectivity index (χ3v) is 3.55. The van der Waals surface area contributed by atoms with Crippen LogP contribution in [0.4, 0.5) is 0 Å². The number of aryl methyl sites for hydroxylation is 1. The lowest BCUT2D eigenvalue weighted by Crippen LogP contribution is -2.26. The molecule has 1 atom stereocenters. The van der Waals surface area contributed by atoms with Gasteiger partial charge < -0.3 is 15.8 Å². The molecule has 0 saturated heterocycles. The van der Waals surface area contributed by atoms with Crippen molar-refractivity contribution >= 4 is 0 Å². The highest BCUT2D eigenvalue weighted by atomic mass is 16.5. The van der Waals surface area contributed by atoms with Gasteiger partial charge in [0, 0.05) is 6.54 Å². The van der Waals surface area contributed by atoms with E-state index in [4.69, 9.17) is 10.5 Å². The standard InChI is InChI=1S/C15H26N2O/c1-10(7-16)8-17-9-14-6-11(2)15(18-5)13(4)12(14)3/h6,10,17H,7-9,16H2,1-5H3. The number of methoxy groups -OCH3 is 1. The van der Waals surface area contributed by atoms with Crippen LogP contribution in [0.2, 0.25) is 0 Å². The van der Waals surface area contributed by atoms with E-state index in [0.29, 0.717) is 5.92 Å². The molecule has 1 rings (SSSR count). The van der Waals surface area contributed by atoms with Gasteiger partial charge in [-0.15, -0.1) is 0 Å². The normalized spacial score (nSPS) is 12.6. The first-order chi connectivity index (χ1) is 8.51. The van der Waals surface area contributed by atoms with Crippen molar-refractivity contribution in [2.45, 2.75) is 34.2 Å². The summed E-state index contributed by atoms with van der Waals surface area (Å²) in [5, 5.41) is 3.46. The molecule has 0 aliphatic heterocycles. The van der Waals surface area contributed by atoms with Crippen molar-refractivity contribution in [2.75, 3.05) is 20.2 Å². The average Bonchev–Trinajstić information content (AvgIpc) is 2.35. The monoisotopic (exact) mass is 250 g/mol. The van der Waals surface area contributed by atoms with E-state index in [-0.39, 0.29) is 0 Å². The number of benzene rings is 1. The van der Waals surface area contributed by atoms with Crippen LogP contribution in [0.5, 0.6) is 5.75 Å². The molecule has 3 nitrogen and oxygen atoms in total. The lowest BCUT2D eigenvalue weighted by atomic mass is 9.98. The summed E-state index contributed by atoms with van der Waals surface area (Å²) in [6, 6.07) is 2.21. The molecule has 0 fully saturated rings. The fraction of sp³-hybridized carbons (Fsp3) is 0.600. The van der Waals surface area contributed by atoms with Crippen LogP contribution in [-0.4, -0.2) is 20.2 Å². The van der Waals surface area contributed by atoms with Crippen molar-refractivity contribution in [1.29, 1.82) is 0 Å². The number of nitrogens with one attached hydrogen (secondary N) is 1. The van der Waals surface area contributed by atoms with Gasteiger partial charge in [0.1, 0.15) is 5.75 Å². The smallest absolute Gasteiger partial charge is 0.124 e. The highest BCUT2D eigenvalue weighted by Crippen LogP contribution is 2.28. The van der Waals surface area contributed by atoms with Crippen LogP contribution in [0.1, 0.15) is 29.2 Å². The minimum atomic E-state index is 0.519. The van der Waals surface area contributed by atoms with Crippen LogP contribution in [0.25, 0.3) is 0 Å². The van der Waals surface area contributed by atoms with Crippen LogP contribution in [0, 0.1) is 26.7 Å². The molecular weight excluding hydrogens is 224 g/mol. The summed E-state index contributed by atoms with van der Waals surface area (Å²) in [7, 11) is 1.73. The molecular formula is C15H26N2O. The summed E-state index contributed by atoms with van der Waals surface area (Å²) in [6.07, 6.45) is 0. The second kappa shape index (κ2) is 6.76. The Labute approximate surface area is 111 Å². The molecule has 0 saturated carbocycles. The number of hydrogen-bond donors (Lipinski definition) is 2. The molecule has 0 radical (unpaired) electrons. The number of nitrogens with two attached hydrogens (primary N) is 1. The van der Waals surface area contributed by atoms with Gasteiger partial charge in [0.2, 0.25) is 0 Å². The van der Waals surface area contributed by atoms with Gasteiger partial charge in [-0.3, -0.25) is 0 Å². The van der Waals surface area contributed by atoms with E-state index in [1.807, 2.05) is 0 Å².